The van der Waals surface area contributed by atoms with Crippen LogP contribution in [0.3, 0.4) is 0 Å². The Hall–Kier alpha value is -2.78. The number of amides is 1. The predicted molar refractivity (Wildman–Crippen MR) is 79.1 cm³/mol. The Morgan fingerprint density at radius 1 is 1.20 bits per heavy atom. The number of nitrogens with zero attached hydrogens (tertiary/aromatic N) is 3. The van der Waals surface area contributed by atoms with E-state index in [2.05, 4.69) is 15.3 Å². The molecule has 0 saturated heterocycles. The van der Waals surface area contributed by atoms with Crippen LogP contribution in [0, 0.1) is 13.8 Å². The van der Waals surface area contributed by atoms with Crippen LogP contribution in [-0.4, -0.2) is 5.91 Å². The zero-order valence-corrected chi connectivity index (χ0v) is 11.3. The third-order valence-electron chi connectivity index (χ3n) is 2.90. The van der Waals surface area contributed by atoms with Gasteiger partial charge in [0.25, 0.3) is 5.91 Å². The Balaban J connectivity index is 2.23. The van der Waals surface area contributed by atoms with Gasteiger partial charge >= 0.3 is 0 Å². The van der Waals surface area contributed by atoms with Crippen molar-refractivity contribution in [2.75, 3.05) is 5.32 Å². The molecule has 0 unspecified atom stereocenters. The summed E-state index contributed by atoms with van der Waals surface area (Å²) in [6.45, 7) is 3.95. The fraction of sp³-hybridized carbons (Fsp3) is 0.133. The van der Waals surface area contributed by atoms with E-state index in [1.165, 1.54) is 0 Å². The van der Waals surface area contributed by atoms with Gasteiger partial charge in [-0.3, -0.25) is 4.79 Å². The standard InChI is InChI=1S/C15H14N4O/c1-10-6-7-14(11(2)8-10)17-15(20)12-4-3-5-13(9-12)18-19-16/h3-9H,1-2H3,(H,17,20). The molecule has 0 aliphatic heterocycles. The molecule has 1 N–H and O–H groups in total. The Morgan fingerprint density at radius 2 is 2.00 bits per heavy atom. The first-order valence-corrected chi connectivity index (χ1v) is 6.14. The van der Waals surface area contributed by atoms with Crippen molar-refractivity contribution < 1.29 is 4.79 Å². The van der Waals surface area contributed by atoms with Crippen molar-refractivity contribution >= 4 is 17.3 Å². The molecule has 0 aliphatic carbocycles. The molecule has 0 atom stereocenters. The highest BCUT2D eigenvalue weighted by atomic mass is 16.1. The van der Waals surface area contributed by atoms with Gasteiger partial charge in [0, 0.05) is 21.8 Å². The van der Waals surface area contributed by atoms with E-state index < -0.39 is 0 Å². The lowest BCUT2D eigenvalue weighted by Crippen LogP contribution is -2.12. The van der Waals surface area contributed by atoms with Gasteiger partial charge in [-0.1, -0.05) is 34.9 Å². The third-order valence-corrected chi connectivity index (χ3v) is 2.90. The zero-order chi connectivity index (χ0) is 14.5. The fourth-order valence-electron chi connectivity index (χ4n) is 1.91. The summed E-state index contributed by atoms with van der Waals surface area (Å²) in [5, 5.41) is 6.34. The van der Waals surface area contributed by atoms with Crippen LogP contribution < -0.4 is 5.32 Å². The number of carbonyl (C=O) groups excluding carboxylic acids is 1. The van der Waals surface area contributed by atoms with Gasteiger partial charge in [-0.2, -0.15) is 0 Å². The molecule has 2 rings (SSSR count). The largest absolute Gasteiger partial charge is 0.322 e. The molecule has 0 aliphatic rings. The lowest BCUT2D eigenvalue weighted by molar-refractivity contribution is 0.102. The van der Waals surface area contributed by atoms with Crippen LogP contribution in [-0.2, 0) is 0 Å². The van der Waals surface area contributed by atoms with E-state index >= 15 is 0 Å². The predicted octanol–water partition coefficient (Wildman–Crippen LogP) is 4.50. The molecule has 0 radical (unpaired) electrons. The van der Waals surface area contributed by atoms with Crippen LogP contribution in [0.2, 0.25) is 0 Å². The molecule has 20 heavy (non-hydrogen) atoms. The molecule has 5 heteroatoms. The summed E-state index contributed by atoms with van der Waals surface area (Å²) >= 11 is 0. The van der Waals surface area contributed by atoms with Crippen LogP contribution >= 0.6 is 0 Å². The van der Waals surface area contributed by atoms with Crippen molar-refractivity contribution in [3.05, 3.63) is 69.6 Å². The van der Waals surface area contributed by atoms with Crippen molar-refractivity contribution in [3.63, 3.8) is 0 Å². The first kappa shape index (κ1) is 13.6. The van der Waals surface area contributed by atoms with Crippen molar-refractivity contribution in [2.45, 2.75) is 13.8 Å². The highest BCUT2D eigenvalue weighted by Crippen LogP contribution is 2.19. The van der Waals surface area contributed by atoms with Gasteiger partial charge in [0.05, 0.1) is 0 Å². The van der Waals surface area contributed by atoms with Crippen molar-refractivity contribution in [2.24, 2.45) is 5.11 Å². The minimum Gasteiger partial charge on any atom is -0.322 e. The summed E-state index contributed by atoms with van der Waals surface area (Å²) < 4.78 is 0. The van der Waals surface area contributed by atoms with Gasteiger partial charge in [0.2, 0.25) is 0 Å². The fourth-order valence-corrected chi connectivity index (χ4v) is 1.91. The number of hydrogen-bond acceptors (Lipinski definition) is 2. The third kappa shape index (κ3) is 3.16. The molecule has 100 valence electrons. The Bertz CT molecular complexity index is 703. The van der Waals surface area contributed by atoms with E-state index in [4.69, 9.17) is 5.53 Å². The maximum Gasteiger partial charge on any atom is 0.255 e. The highest BCUT2D eigenvalue weighted by molar-refractivity contribution is 6.05. The Kier molecular flexibility index (Phi) is 4.03. The molecule has 0 heterocycles. The summed E-state index contributed by atoms with van der Waals surface area (Å²) in [4.78, 5) is 14.9. The van der Waals surface area contributed by atoms with Crippen molar-refractivity contribution in [1.29, 1.82) is 0 Å². The van der Waals surface area contributed by atoms with E-state index in [-0.39, 0.29) is 5.91 Å². The topological polar surface area (TPSA) is 77.9 Å². The number of rotatable bonds is 3. The number of anilines is 1. The number of carbonyl (C=O) groups is 1. The van der Waals surface area contributed by atoms with Gasteiger partial charge < -0.3 is 5.32 Å². The second-order valence-electron chi connectivity index (χ2n) is 4.51. The summed E-state index contributed by atoms with van der Waals surface area (Å²) in [5.74, 6) is -0.230. The molecule has 0 aromatic heterocycles. The second kappa shape index (κ2) is 5.91. The van der Waals surface area contributed by atoms with Crippen LogP contribution in [0.1, 0.15) is 21.5 Å². The van der Waals surface area contributed by atoms with Crippen molar-refractivity contribution in [3.8, 4) is 0 Å². The molecule has 2 aromatic carbocycles. The molecule has 2 aromatic rings. The molecular formula is C15H14N4O. The Labute approximate surface area is 116 Å². The minimum atomic E-state index is -0.230. The highest BCUT2D eigenvalue weighted by Gasteiger charge is 2.08. The zero-order valence-electron chi connectivity index (χ0n) is 11.3. The number of aryl methyl sites for hydroxylation is 2. The number of azide groups is 1. The van der Waals surface area contributed by atoms with Crippen LogP contribution in [0.4, 0.5) is 11.4 Å². The monoisotopic (exact) mass is 266 g/mol. The lowest BCUT2D eigenvalue weighted by Gasteiger charge is -2.09. The summed E-state index contributed by atoms with van der Waals surface area (Å²) in [6, 6.07) is 12.4. The van der Waals surface area contributed by atoms with Gasteiger partial charge in [-0.25, -0.2) is 0 Å². The van der Waals surface area contributed by atoms with Crippen LogP contribution in [0.25, 0.3) is 10.4 Å². The SMILES string of the molecule is Cc1ccc(NC(=O)c2cccc(N=[N+]=[N-])c2)c(C)c1. The number of hydrogen-bond donors (Lipinski definition) is 1. The number of nitrogens with one attached hydrogen (secondary N) is 1. The molecule has 5 nitrogen and oxygen atoms in total. The molecule has 0 fully saturated rings. The maximum absolute atomic E-state index is 12.2. The molecule has 1 amide bonds. The summed E-state index contributed by atoms with van der Waals surface area (Å²) in [5.41, 5.74) is 12.2. The smallest absolute Gasteiger partial charge is 0.255 e. The van der Waals surface area contributed by atoms with E-state index in [1.807, 2.05) is 32.0 Å². The van der Waals surface area contributed by atoms with Gasteiger partial charge in [-0.15, -0.1) is 0 Å². The van der Waals surface area contributed by atoms with Crippen LogP contribution in [0.5, 0.6) is 0 Å². The van der Waals surface area contributed by atoms with Gasteiger partial charge in [-0.05, 0) is 43.1 Å². The average Bonchev–Trinajstić information content (AvgIpc) is 2.42. The molecular weight excluding hydrogens is 252 g/mol. The van der Waals surface area contributed by atoms with Crippen molar-refractivity contribution in [1.82, 2.24) is 0 Å². The maximum atomic E-state index is 12.2. The molecule has 0 bridgehead atoms. The van der Waals surface area contributed by atoms with Crippen LogP contribution in [0.15, 0.2) is 47.6 Å². The first-order chi connectivity index (χ1) is 9.60. The summed E-state index contributed by atoms with van der Waals surface area (Å²) in [7, 11) is 0. The quantitative estimate of drug-likeness (QED) is 0.495. The van der Waals surface area contributed by atoms with E-state index in [0.29, 0.717) is 11.3 Å². The lowest BCUT2D eigenvalue weighted by atomic mass is 10.1. The van der Waals surface area contributed by atoms with Gasteiger partial charge in [0.1, 0.15) is 0 Å². The van der Waals surface area contributed by atoms with E-state index in [9.17, 15) is 4.79 Å². The number of benzene rings is 2. The first-order valence-electron chi connectivity index (χ1n) is 6.14. The average molecular weight is 266 g/mol. The van der Waals surface area contributed by atoms with Gasteiger partial charge in [0.15, 0.2) is 0 Å². The molecule has 0 spiro atoms. The normalized spacial score (nSPS) is 9.70. The second-order valence-corrected chi connectivity index (χ2v) is 4.51. The Morgan fingerprint density at radius 3 is 2.70 bits per heavy atom. The van der Waals surface area contributed by atoms with E-state index in [1.54, 1.807) is 24.3 Å². The van der Waals surface area contributed by atoms with E-state index in [0.717, 1.165) is 16.8 Å². The minimum absolute atomic E-state index is 0.230. The molecule has 0 saturated carbocycles. The summed E-state index contributed by atoms with van der Waals surface area (Å²) in [6.07, 6.45) is 0.